The Morgan fingerprint density at radius 1 is 0.952 bits per heavy atom. The topological polar surface area (TPSA) is 18.5 Å². The van der Waals surface area contributed by atoms with Gasteiger partial charge in [0.05, 0.1) is 12.7 Å². The first-order valence-corrected chi connectivity index (χ1v) is 7.57. The van der Waals surface area contributed by atoms with Crippen LogP contribution < -0.4 is 4.74 Å². The van der Waals surface area contributed by atoms with Gasteiger partial charge in [-0.2, -0.15) is 0 Å². The Morgan fingerprint density at radius 2 is 1.67 bits per heavy atom. The molecule has 2 rings (SSSR count). The van der Waals surface area contributed by atoms with Crippen LogP contribution >= 0.6 is 0 Å². The van der Waals surface area contributed by atoms with Crippen LogP contribution in [-0.4, -0.2) is 13.2 Å². The van der Waals surface area contributed by atoms with Crippen molar-refractivity contribution in [3.05, 3.63) is 72.1 Å². The average Bonchev–Trinajstić information content (AvgIpc) is 2.54. The molecule has 2 nitrogen and oxygen atoms in total. The van der Waals surface area contributed by atoms with Crippen LogP contribution in [0.25, 0.3) is 0 Å². The lowest BCUT2D eigenvalue weighted by Crippen LogP contribution is -2.07. The van der Waals surface area contributed by atoms with Crippen molar-refractivity contribution in [3.8, 4) is 5.75 Å². The highest BCUT2D eigenvalue weighted by Crippen LogP contribution is 2.25. The van der Waals surface area contributed by atoms with Gasteiger partial charge in [0.1, 0.15) is 5.75 Å². The van der Waals surface area contributed by atoms with Gasteiger partial charge < -0.3 is 9.47 Å². The minimum Gasteiger partial charge on any atom is -0.494 e. The SMILES string of the molecule is CCCOC([CH]c1ccc(OCC)cc1)c1ccccc1. The summed E-state index contributed by atoms with van der Waals surface area (Å²) in [6, 6.07) is 18.4. The standard InChI is InChI=1S/C19H23O2/c1-3-14-21-19(17-8-6-5-7-9-17)15-16-10-12-18(13-11-16)20-4-2/h5-13,15,19H,3-4,14H2,1-2H3. The first kappa shape index (κ1) is 15.6. The van der Waals surface area contributed by atoms with Crippen molar-refractivity contribution in [2.75, 3.05) is 13.2 Å². The predicted octanol–water partition coefficient (Wildman–Crippen LogP) is 4.81. The molecule has 1 unspecified atom stereocenters. The molecule has 2 aromatic carbocycles. The second kappa shape index (κ2) is 8.48. The van der Waals surface area contributed by atoms with Gasteiger partial charge in [-0.3, -0.25) is 0 Å². The van der Waals surface area contributed by atoms with Crippen LogP contribution in [0.3, 0.4) is 0 Å². The second-order valence-electron chi connectivity index (χ2n) is 4.87. The van der Waals surface area contributed by atoms with Crippen LogP contribution in [0.2, 0.25) is 0 Å². The molecule has 0 saturated heterocycles. The van der Waals surface area contributed by atoms with E-state index in [1.807, 2.05) is 37.3 Å². The molecule has 2 heteroatoms. The number of hydrogen-bond donors (Lipinski definition) is 0. The zero-order chi connectivity index (χ0) is 14.9. The number of hydrogen-bond acceptors (Lipinski definition) is 2. The first-order chi connectivity index (χ1) is 10.3. The molecule has 21 heavy (non-hydrogen) atoms. The van der Waals surface area contributed by atoms with Crippen LogP contribution in [0, 0.1) is 6.42 Å². The van der Waals surface area contributed by atoms with Gasteiger partial charge in [0.15, 0.2) is 0 Å². The summed E-state index contributed by atoms with van der Waals surface area (Å²) in [4.78, 5) is 0. The summed E-state index contributed by atoms with van der Waals surface area (Å²) in [5, 5.41) is 0. The Bertz CT molecular complexity index is 505. The van der Waals surface area contributed by atoms with Gasteiger partial charge in [-0.15, -0.1) is 0 Å². The lowest BCUT2D eigenvalue weighted by atomic mass is 10.0. The summed E-state index contributed by atoms with van der Waals surface area (Å²) in [7, 11) is 0. The van der Waals surface area contributed by atoms with Gasteiger partial charge in [0, 0.05) is 13.0 Å². The third-order valence-electron chi connectivity index (χ3n) is 3.16. The van der Waals surface area contributed by atoms with Gasteiger partial charge >= 0.3 is 0 Å². The van der Waals surface area contributed by atoms with Crippen LogP contribution in [0.5, 0.6) is 5.75 Å². The van der Waals surface area contributed by atoms with E-state index in [0.717, 1.165) is 24.3 Å². The molecule has 0 amide bonds. The molecule has 2 aromatic rings. The molecule has 0 aromatic heterocycles. The zero-order valence-electron chi connectivity index (χ0n) is 12.8. The molecular formula is C19H23O2. The minimum atomic E-state index is -0.0101. The molecule has 111 valence electrons. The first-order valence-electron chi connectivity index (χ1n) is 7.57. The van der Waals surface area contributed by atoms with Crippen LogP contribution in [0.1, 0.15) is 37.5 Å². The molecule has 0 aliphatic rings. The minimum absolute atomic E-state index is 0.0101. The van der Waals surface area contributed by atoms with Crippen LogP contribution in [-0.2, 0) is 4.74 Å². The van der Waals surface area contributed by atoms with E-state index in [-0.39, 0.29) is 6.10 Å². The molecule has 0 N–H and O–H groups in total. The predicted molar refractivity (Wildman–Crippen MR) is 86.4 cm³/mol. The Balaban J connectivity index is 2.07. The Labute approximate surface area is 127 Å². The summed E-state index contributed by atoms with van der Waals surface area (Å²) in [6.45, 7) is 5.56. The van der Waals surface area contributed by atoms with Gasteiger partial charge in [-0.25, -0.2) is 0 Å². The van der Waals surface area contributed by atoms with Crippen molar-refractivity contribution in [2.45, 2.75) is 26.4 Å². The summed E-state index contributed by atoms with van der Waals surface area (Å²) < 4.78 is 11.4. The summed E-state index contributed by atoms with van der Waals surface area (Å²) >= 11 is 0. The van der Waals surface area contributed by atoms with Crippen molar-refractivity contribution in [1.82, 2.24) is 0 Å². The van der Waals surface area contributed by atoms with Crippen molar-refractivity contribution in [1.29, 1.82) is 0 Å². The third kappa shape index (κ3) is 4.91. The molecule has 0 aliphatic carbocycles. The molecular weight excluding hydrogens is 260 g/mol. The van der Waals surface area contributed by atoms with E-state index in [1.165, 1.54) is 5.56 Å². The van der Waals surface area contributed by atoms with E-state index in [1.54, 1.807) is 0 Å². The van der Waals surface area contributed by atoms with E-state index in [9.17, 15) is 0 Å². The fourth-order valence-electron chi connectivity index (χ4n) is 2.14. The molecule has 0 aliphatic heterocycles. The highest BCUT2D eigenvalue weighted by molar-refractivity contribution is 5.34. The highest BCUT2D eigenvalue weighted by atomic mass is 16.5. The number of ether oxygens (including phenoxy) is 2. The maximum Gasteiger partial charge on any atom is 0.119 e. The van der Waals surface area contributed by atoms with Gasteiger partial charge in [-0.05, 0) is 36.6 Å². The van der Waals surface area contributed by atoms with E-state index >= 15 is 0 Å². The monoisotopic (exact) mass is 283 g/mol. The van der Waals surface area contributed by atoms with Crippen molar-refractivity contribution in [2.24, 2.45) is 0 Å². The van der Waals surface area contributed by atoms with Gasteiger partial charge in [-0.1, -0.05) is 49.4 Å². The van der Waals surface area contributed by atoms with Gasteiger partial charge in [0.2, 0.25) is 0 Å². The van der Waals surface area contributed by atoms with E-state index < -0.39 is 0 Å². The molecule has 0 saturated carbocycles. The molecule has 1 radical (unpaired) electrons. The van der Waals surface area contributed by atoms with E-state index in [2.05, 4.69) is 37.6 Å². The molecule has 0 heterocycles. The fourth-order valence-corrected chi connectivity index (χ4v) is 2.14. The quantitative estimate of drug-likeness (QED) is 0.692. The van der Waals surface area contributed by atoms with Crippen LogP contribution in [0.15, 0.2) is 54.6 Å². The van der Waals surface area contributed by atoms with Crippen molar-refractivity contribution < 1.29 is 9.47 Å². The molecule has 1 atom stereocenters. The Hall–Kier alpha value is -1.80. The highest BCUT2D eigenvalue weighted by Gasteiger charge is 2.13. The van der Waals surface area contributed by atoms with E-state index in [4.69, 9.17) is 9.47 Å². The van der Waals surface area contributed by atoms with E-state index in [0.29, 0.717) is 6.61 Å². The lowest BCUT2D eigenvalue weighted by molar-refractivity contribution is 0.0772. The average molecular weight is 283 g/mol. The molecule has 0 spiro atoms. The van der Waals surface area contributed by atoms with Crippen molar-refractivity contribution >= 4 is 0 Å². The zero-order valence-corrected chi connectivity index (χ0v) is 12.8. The Kier molecular flexibility index (Phi) is 6.29. The summed E-state index contributed by atoms with van der Waals surface area (Å²) in [5.41, 5.74) is 2.32. The third-order valence-corrected chi connectivity index (χ3v) is 3.16. The number of benzene rings is 2. The Morgan fingerprint density at radius 3 is 2.29 bits per heavy atom. The van der Waals surface area contributed by atoms with Crippen molar-refractivity contribution in [3.63, 3.8) is 0 Å². The molecule has 0 bridgehead atoms. The molecule has 0 fully saturated rings. The summed E-state index contributed by atoms with van der Waals surface area (Å²) in [6.07, 6.45) is 3.16. The van der Waals surface area contributed by atoms with Crippen LogP contribution in [0.4, 0.5) is 0 Å². The largest absolute Gasteiger partial charge is 0.494 e. The van der Waals surface area contributed by atoms with Gasteiger partial charge in [0.25, 0.3) is 0 Å². The lowest BCUT2D eigenvalue weighted by Gasteiger charge is -2.18. The summed E-state index contributed by atoms with van der Waals surface area (Å²) in [5.74, 6) is 0.903. The smallest absolute Gasteiger partial charge is 0.119 e. The second-order valence-corrected chi connectivity index (χ2v) is 4.87. The maximum absolute atomic E-state index is 5.97. The maximum atomic E-state index is 5.97. The normalized spacial score (nSPS) is 12.1. The number of rotatable bonds is 8. The fraction of sp³-hybridized carbons (Fsp3) is 0.316.